The summed E-state index contributed by atoms with van der Waals surface area (Å²) in [5.41, 5.74) is 4.28. The van der Waals surface area contributed by atoms with E-state index in [1.54, 1.807) is 24.1 Å². The predicted molar refractivity (Wildman–Crippen MR) is 123 cm³/mol. The summed E-state index contributed by atoms with van der Waals surface area (Å²) in [6.07, 6.45) is 4.74. The second kappa shape index (κ2) is 8.70. The lowest BCUT2D eigenvalue weighted by Crippen LogP contribution is -2.46. The number of nitrogens with one attached hydrogen (secondary N) is 1. The molecule has 2 amide bonds. The average Bonchev–Trinajstić information content (AvgIpc) is 3.31. The van der Waals surface area contributed by atoms with Gasteiger partial charge in [0.2, 0.25) is 0 Å². The van der Waals surface area contributed by atoms with Crippen LogP contribution in [-0.4, -0.2) is 50.2 Å². The first-order chi connectivity index (χ1) is 14.8. The average molecular weight is 484 g/mol. The van der Waals surface area contributed by atoms with Crippen molar-refractivity contribution in [2.24, 2.45) is 7.05 Å². The van der Waals surface area contributed by atoms with Crippen molar-refractivity contribution in [1.82, 2.24) is 24.6 Å². The molecule has 0 aliphatic carbocycles. The number of rotatable bonds is 4. The maximum Gasteiger partial charge on any atom is 0.255 e. The summed E-state index contributed by atoms with van der Waals surface area (Å²) >= 11 is 3.52. The van der Waals surface area contributed by atoms with Gasteiger partial charge in [-0.25, -0.2) is 0 Å². The molecule has 0 radical (unpaired) electrons. The molecule has 1 saturated heterocycles. The highest BCUT2D eigenvalue weighted by atomic mass is 79.9. The van der Waals surface area contributed by atoms with E-state index < -0.39 is 0 Å². The smallest absolute Gasteiger partial charge is 0.255 e. The van der Waals surface area contributed by atoms with E-state index in [-0.39, 0.29) is 17.9 Å². The third kappa shape index (κ3) is 4.44. The topological polar surface area (TPSA) is 72.2 Å². The van der Waals surface area contributed by atoms with E-state index in [1.165, 1.54) is 0 Å². The number of likely N-dealkylation sites (tertiary alicyclic amines) is 1. The molecule has 4 rings (SSSR count). The molecular weight excluding hydrogens is 458 g/mol. The Morgan fingerprint density at radius 3 is 2.55 bits per heavy atom. The molecule has 3 aromatic rings. The predicted octanol–water partition coefficient (Wildman–Crippen LogP) is 3.62. The van der Waals surface area contributed by atoms with Crippen LogP contribution in [0.15, 0.2) is 47.2 Å². The Labute approximate surface area is 190 Å². The lowest BCUT2D eigenvalue weighted by atomic mass is 10.0. The highest BCUT2D eigenvalue weighted by Gasteiger charge is 2.27. The molecule has 31 heavy (non-hydrogen) atoms. The highest BCUT2D eigenvalue weighted by Crippen LogP contribution is 2.25. The van der Waals surface area contributed by atoms with Crippen LogP contribution in [0.2, 0.25) is 0 Å². The molecule has 1 aliphatic heterocycles. The first-order valence-electron chi connectivity index (χ1n) is 10.4. The van der Waals surface area contributed by atoms with E-state index in [2.05, 4.69) is 30.9 Å². The third-order valence-corrected chi connectivity index (χ3v) is 6.31. The third-order valence-electron chi connectivity index (χ3n) is 5.81. The molecule has 1 N–H and O–H groups in total. The van der Waals surface area contributed by atoms with Crippen LogP contribution in [0.25, 0.3) is 5.69 Å². The van der Waals surface area contributed by atoms with Gasteiger partial charge in [-0.1, -0.05) is 22.0 Å². The fraction of sp³-hybridized carbons (Fsp3) is 0.348. The van der Waals surface area contributed by atoms with Crippen LogP contribution >= 0.6 is 15.9 Å². The van der Waals surface area contributed by atoms with Crippen LogP contribution in [0.4, 0.5) is 0 Å². The molecule has 0 saturated carbocycles. The van der Waals surface area contributed by atoms with Gasteiger partial charge in [-0.2, -0.15) is 5.10 Å². The van der Waals surface area contributed by atoms with E-state index in [1.807, 2.05) is 49.1 Å². The lowest BCUT2D eigenvalue weighted by Gasteiger charge is -2.32. The maximum atomic E-state index is 13.2. The fourth-order valence-corrected chi connectivity index (χ4v) is 4.58. The number of hydrogen-bond acceptors (Lipinski definition) is 3. The number of aryl methyl sites for hydroxylation is 2. The zero-order chi connectivity index (χ0) is 22.1. The fourth-order valence-electron chi connectivity index (χ4n) is 4.20. The van der Waals surface area contributed by atoms with Crippen molar-refractivity contribution in [3.8, 4) is 5.69 Å². The minimum Gasteiger partial charge on any atom is -0.349 e. The monoisotopic (exact) mass is 483 g/mol. The van der Waals surface area contributed by atoms with Gasteiger partial charge in [-0.15, -0.1) is 0 Å². The molecule has 0 unspecified atom stereocenters. The number of carbonyl (C=O) groups is 2. The molecular formula is C23H26BrN5O2. The van der Waals surface area contributed by atoms with Crippen molar-refractivity contribution in [3.05, 3.63) is 69.7 Å². The molecule has 1 fully saturated rings. The number of nitrogens with zero attached hydrogens (tertiary/aromatic N) is 4. The number of hydrogen-bond donors (Lipinski definition) is 1. The summed E-state index contributed by atoms with van der Waals surface area (Å²) in [5.74, 6) is -0.0678. The van der Waals surface area contributed by atoms with Crippen LogP contribution in [0.1, 0.15) is 44.9 Å². The minimum absolute atomic E-state index is 0.0476. The first kappa shape index (κ1) is 21.4. The number of amides is 2. The molecule has 162 valence electrons. The standard InChI is InChI=1S/C23H26BrN5O2/c1-15-11-21(16(2)29(15)20-6-4-5-18(24)12-20)23(31)28-9-7-19(8-10-28)26-22(30)17-13-25-27(3)14-17/h4-6,11-14,19H,7-10H2,1-3H3,(H,26,30). The number of benzene rings is 1. The van der Waals surface area contributed by atoms with Crippen LogP contribution < -0.4 is 5.32 Å². The summed E-state index contributed by atoms with van der Waals surface area (Å²) in [6.45, 7) is 5.25. The van der Waals surface area contributed by atoms with Gasteiger partial charge < -0.3 is 14.8 Å². The Kier molecular flexibility index (Phi) is 6.00. The van der Waals surface area contributed by atoms with Gasteiger partial charge in [0, 0.05) is 53.9 Å². The minimum atomic E-state index is -0.115. The van der Waals surface area contributed by atoms with Crippen LogP contribution in [0, 0.1) is 13.8 Å². The van der Waals surface area contributed by atoms with Crippen molar-refractivity contribution in [2.75, 3.05) is 13.1 Å². The van der Waals surface area contributed by atoms with Crippen molar-refractivity contribution in [2.45, 2.75) is 32.7 Å². The largest absolute Gasteiger partial charge is 0.349 e. The Morgan fingerprint density at radius 1 is 1.16 bits per heavy atom. The quantitative estimate of drug-likeness (QED) is 0.615. The van der Waals surface area contributed by atoms with Gasteiger partial charge in [0.15, 0.2) is 0 Å². The van der Waals surface area contributed by atoms with Crippen LogP contribution in [0.5, 0.6) is 0 Å². The van der Waals surface area contributed by atoms with Gasteiger partial charge in [0.1, 0.15) is 0 Å². The molecule has 0 bridgehead atoms. The first-order valence-corrected chi connectivity index (χ1v) is 11.2. The van der Waals surface area contributed by atoms with Crippen molar-refractivity contribution in [1.29, 1.82) is 0 Å². The lowest BCUT2D eigenvalue weighted by molar-refractivity contribution is 0.0697. The zero-order valence-corrected chi connectivity index (χ0v) is 19.5. The van der Waals surface area contributed by atoms with E-state index in [0.29, 0.717) is 18.7 Å². The van der Waals surface area contributed by atoms with Crippen molar-refractivity contribution >= 4 is 27.7 Å². The highest BCUT2D eigenvalue weighted by molar-refractivity contribution is 9.10. The van der Waals surface area contributed by atoms with E-state index in [4.69, 9.17) is 0 Å². The summed E-state index contributed by atoms with van der Waals surface area (Å²) < 4.78 is 4.72. The number of piperidine rings is 1. The molecule has 2 aromatic heterocycles. The van der Waals surface area contributed by atoms with E-state index in [0.717, 1.165) is 40.0 Å². The summed E-state index contributed by atoms with van der Waals surface area (Å²) in [5, 5.41) is 7.10. The molecule has 1 aromatic carbocycles. The van der Waals surface area contributed by atoms with E-state index in [9.17, 15) is 9.59 Å². The maximum absolute atomic E-state index is 13.2. The molecule has 0 spiro atoms. The Balaban J connectivity index is 1.42. The van der Waals surface area contributed by atoms with Gasteiger partial charge in [-0.05, 0) is 51.0 Å². The Morgan fingerprint density at radius 2 is 1.90 bits per heavy atom. The van der Waals surface area contributed by atoms with Gasteiger partial charge in [0.25, 0.3) is 11.8 Å². The van der Waals surface area contributed by atoms with E-state index >= 15 is 0 Å². The van der Waals surface area contributed by atoms with Crippen LogP contribution in [0.3, 0.4) is 0 Å². The molecule has 1 aliphatic rings. The zero-order valence-electron chi connectivity index (χ0n) is 17.9. The molecule has 7 nitrogen and oxygen atoms in total. The Hall–Kier alpha value is -2.87. The van der Waals surface area contributed by atoms with Gasteiger partial charge >= 0.3 is 0 Å². The molecule has 0 atom stereocenters. The van der Waals surface area contributed by atoms with Gasteiger partial charge in [-0.3, -0.25) is 14.3 Å². The SMILES string of the molecule is Cc1cc(C(=O)N2CCC(NC(=O)c3cnn(C)c3)CC2)c(C)n1-c1cccc(Br)c1. The summed E-state index contributed by atoms with van der Waals surface area (Å²) in [7, 11) is 1.79. The second-order valence-electron chi connectivity index (χ2n) is 8.04. The second-order valence-corrected chi connectivity index (χ2v) is 8.96. The summed E-state index contributed by atoms with van der Waals surface area (Å²) in [4.78, 5) is 27.5. The number of aromatic nitrogens is 3. The number of carbonyl (C=O) groups excluding carboxylic acids is 2. The molecule has 3 heterocycles. The van der Waals surface area contributed by atoms with Gasteiger partial charge in [0.05, 0.1) is 17.3 Å². The summed E-state index contributed by atoms with van der Waals surface area (Å²) in [6, 6.07) is 10.1. The molecule has 8 heteroatoms. The Bertz CT molecular complexity index is 1120. The van der Waals surface area contributed by atoms with Crippen LogP contribution in [-0.2, 0) is 7.05 Å². The number of halogens is 1. The normalized spacial score (nSPS) is 14.6. The van der Waals surface area contributed by atoms with Crippen molar-refractivity contribution in [3.63, 3.8) is 0 Å². The van der Waals surface area contributed by atoms with Crippen molar-refractivity contribution < 1.29 is 9.59 Å².